The molecule has 0 spiro atoms. The summed E-state index contributed by atoms with van der Waals surface area (Å²) in [6.45, 7) is 22.9. The molecule has 12 heteroatoms. The van der Waals surface area contributed by atoms with E-state index in [2.05, 4.69) is 33.8 Å². The van der Waals surface area contributed by atoms with Gasteiger partial charge in [0.05, 0.1) is 10.8 Å². The van der Waals surface area contributed by atoms with Crippen LogP contribution in [0.5, 0.6) is 0 Å². The van der Waals surface area contributed by atoms with Crippen LogP contribution in [0, 0.1) is 30.8 Å². The molecule has 0 saturated carbocycles. The molecule has 6 aliphatic heterocycles. The normalized spacial score (nSPS) is 34.2. The monoisotopic (exact) mass is 466 g/mol. The van der Waals surface area contributed by atoms with E-state index in [0.29, 0.717) is 0 Å². The first kappa shape index (κ1) is 29.6. The Bertz CT molecular complexity index is 370. The van der Waals surface area contributed by atoms with Gasteiger partial charge in [-0.2, -0.15) is 27.1 Å². The second-order valence-electron chi connectivity index (χ2n) is 5.94. The fourth-order valence-electron chi connectivity index (χ4n) is 2.38. The molecule has 0 atom stereocenters. The van der Waals surface area contributed by atoms with Gasteiger partial charge in [0, 0.05) is 17.1 Å². The van der Waals surface area contributed by atoms with Gasteiger partial charge in [0.15, 0.2) is 0 Å². The predicted molar refractivity (Wildman–Crippen MR) is 89.6 cm³/mol. The smallest absolute Gasteiger partial charge is 0 e. The zero-order valence-electron chi connectivity index (χ0n) is 15.2. The topological polar surface area (TPSA) is 115 Å². The Morgan fingerprint density at radius 1 is 0.593 bits per heavy atom. The Morgan fingerprint density at radius 2 is 0.778 bits per heavy atom. The van der Waals surface area contributed by atoms with Crippen molar-refractivity contribution in [3.8, 4) is 0 Å². The molecule has 6 heterocycles. The molecular weight excluding hydrogens is 442 g/mol. The van der Waals surface area contributed by atoms with E-state index in [-0.39, 0.29) is 27.9 Å². The van der Waals surface area contributed by atoms with Crippen LogP contribution < -0.4 is 0 Å². The first-order valence-electron chi connectivity index (χ1n) is 7.81. The summed E-state index contributed by atoms with van der Waals surface area (Å²) in [5.74, 6) is 0. The molecule has 154 valence electrons. The van der Waals surface area contributed by atoms with Crippen molar-refractivity contribution in [3.05, 3.63) is 20.0 Å². The van der Waals surface area contributed by atoms with Gasteiger partial charge in [-0.15, -0.1) is 0 Å². The van der Waals surface area contributed by atoms with E-state index >= 15 is 0 Å². The van der Waals surface area contributed by atoms with Crippen LogP contribution in [0.2, 0.25) is 0 Å². The molecule has 9 nitrogen and oxygen atoms in total. The van der Waals surface area contributed by atoms with Crippen LogP contribution in [0.25, 0.3) is 0 Å². The Kier molecular flexibility index (Phi) is 17.7. The minimum Gasteiger partial charge on any atom is 0 e. The molecule has 0 aliphatic carbocycles. The maximum absolute atomic E-state index is 7.50. The van der Waals surface area contributed by atoms with Gasteiger partial charge in [-0.1, -0.05) is 13.8 Å². The Labute approximate surface area is 172 Å². The zero-order chi connectivity index (χ0) is 20.1. The van der Waals surface area contributed by atoms with Crippen molar-refractivity contribution in [2.24, 2.45) is 10.8 Å². The van der Waals surface area contributed by atoms with E-state index in [9.17, 15) is 0 Å². The fraction of sp³-hybridized carbons (Fsp3) is 0.800. The van der Waals surface area contributed by atoms with Crippen LogP contribution in [0.4, 0.5) is 0 Å². The van der Waals surface area contributed by atoms with Crippen LogP contribution in [0.15, 0.2) is 0 Å². The average Bonchev–Trinajstić information content (AvgIpc) is 2.81. The molecule has 0 unspecified atom stereocenters. The van der Waals surface area contributed by atoms with E-state index in [0.717, 1.165) is 52.5 Å². The van der Waals surface area contributed by atoms with Crippen LogP contribution in [-0.2, 0) is 58.2 Å². The molecule has 6 rings (SSSR count). The molecule has 0 aromatic heterocycles. The first-order valence-corrected chi connectivity index (χ1v) is 10.3. The number of hydrogen-bond acceptors (Lipinski definition) is 6. The van der Waals surface area contributed by atoms with Gasteiger partial charge in [0.25, 0.3) is 0 Å². The van der Waals surface area contributed by atoms with Crippen LogP contribution in [-0.4, -0.2) is 39.6 Å². The van der Waals surface area contributed by atoms with Crippen molar-refractivity contribution < 1.29 is 58.2 Å². The number of rotatable bonds is 2. The molecular formula is C15H24FeO9P2+2. The van der Waals surface area contributed by atoms with Crippen molar-refractivity contribution in [1.82, 2.24) is 0 Å². The third kappa shape index (κ3) is 8.72. The summed E-state index contributed by atoms with van der Waals surface area (Å²) in [7, 11) is -2.54. The summed E-state index contributed by atoms with van der Waals surface area (Å²) < 4.78 is 54.5. The SMILES string of the molecule is CCC12CO[PH+](OC1)OC2.CCC12CO[PH+](OC1)OC2.[C-]#[O+].[C-]#[O+].[C-]#[O+].[Fe]. The van der Waals surface area contributed by atoms with Crippen LogP contribution in [0.3, 0.4) is 0 Å². The second-order valence-corrected chi connectivity index (χ2v) is 8.67. The molecule has 4 bridgehead atoms. The van der Waals surface area contributed by atoms with Gasteiger partial charge in [0.2, 0.25) is 0 Å². The first-order chi connectivity index (χ1) is 12.7. The second kappa shape index (κ2) is 16.2. The number of fused-ring (bicyclic) bond motifs is 6. The summed E-state index contributed by atoms with van der Waals surface area (Å²) in [6, 6.07) is 0. The Hall–Kier alpha value is 0.359. The van der Waals surface area contributed by atoms with Crippen molar-refractivity contribution in [2.45, 2.75) is 26.7 Å². The van der Waals surface area contributed by atoms with E-state index in [4.69, 9.17) is 41.1 Å². The van der Waals surface area contributed by atoms with Crippen molar-refractivity contribution in [1.29, 1.82) is 0 Å². The van der Waals surface area contributed by atoms with Gasteiger partial charge in [-0.3, -0.25) is 0 Å². The number of hydrogen-bond donors (Lipinski definition) is 0. The summed E-state index contributed by atoms with van der Waals surface area (Å²) >= 11 is 0. The molecule has 6 saturated heterocycles. The minimum absolute atomic E-state index is 0. The Morgan fingerprint density at radius 3 is 0.889 bits per heavy atom. The third-order valence-corrected chi connectivity index (χ3v) is 6.76. The van der Waals surface area contributed by atoms with Gasteiger partial charge < -0.3 is 0 Å². The van der Waals surface area contributed by atoms with Crippen LogP contribution in [0.1, 0.15) is 26.7 Å². The summed E-state index contributed by atoms with van der Waals surface area (Å²) in [6.07, 6.45) is 2.17. The molecule has 0 aromatic carbocycles. The molecule has 6 aliphatic rings. The summed E-state index contributed by atoms with van der Waals surface area (Å²) in [5, 5.41) is 0. The quantitative estimate of drug-likeness (QED) is 0.268. The predicted octanol–water partition coefficient (Wildman–Crippen LogP) is 2.72. The molecule has 6 fully saturated rings. The molecule has 0 radical (unpaired) electrons. The fourth-order valence-corrected chi connectivity index (χ4v) is 5.43. The third-order valence-electron chi connectivity index (χ3n) is 4.48. The van der Waals surface area contributed by atoms with Gasteiger partial charge in [0.1, 0.15) is 39.6 Å². The van der Waals surface area contributed by atoms with E-state index in [1.54, 1.807) is 0 Å². The van der Waals surface area contributed by atoms with E-state index < -0.39 is 17.2 Å². The summed E-state index contributed by atoms with van der Waals surface area (Å²) in [4.78, 5) is 0. The van der Waals surface area contributed by atoms with Gasteiger partial charge in [-0.25, -0.2) is 0 Å². The summed E-state index contributed by atoms with van der Waals surface area (Å²) in [5.41, 5.74) is 0.374. The zero-order valence-corrected chi connectivity index (χ0v) is 18.3. The largest absolute Gasteiger partial charge is 0 e. The van der Waals surface area contributed by atoms with E-state index in [1.165, 1.54) is 0 Å². The van der Waals surface area contributed by atoms with Crippen LogP contribution >= 0.6 is 17.2 Å². The Balaban J connectivity index is 0. The van der Waals surface area contributed by atoms with Crippen molar-refractivity contribution >= 4 is 17.2 Å². The maximum atomic E-state index is 7.50. The van der Waals surface area contributed by atoms with Gasteiger partial charge >= 0.3 is 51.1 Å². The average molecular weight is 466 g/mol. The molecule has 27 heavy (non-hydrogen) atoms. The van der Waals surface area contributed by atoms with Crippen molar-refractivity contribution in [3.63, 3.8) is 0 Å². The van der Waals surface area contributed by atoms with Crippen molar-refractivity contribution in [2.75, 3.05) is 39.6 Å². The standard InChI is InChI=1S/2C6H12O3P.3CO.Fe/c2*1-2-6-3-7-10(8-4-6)9-5-6;3*1-2;/h2*10H,2-5H2,1H3;;;;/q2*+1;;;;. The maximum Gasteiger partial charge on any atom is 0 e. The molecule has 0 amide bonds. The van der Waals surface area contributed by atoms with E-state index in [1.807, 2.05) is 0 Å². The minimum atomic E-state index is -1.27. The van der Waals surface area contributed by atoms with Gasteiger partial charge in [-0.05, 0) is 12.8 Å². The molecule has 0 aromatic rings. The molecule has 0 N–H and O–H groups in total.